The molecule has 0 spiro atoms. The Morgan fingerprint density at radius 1 is 0.824 bits per heavy atom. The minimum atomic E-state index is 0.0991. The predicted octanol–water partition coefficient (Wildman–Crippen LogP) is 3.90. The van der Waals surface area contributed by atoms with Gasteiger partial charge in [-0.1, -0.05) is 35.5 Å². The van der Waals surface area contributed by atoms with Crippen LogP contribution in [-0.4, -0.2) is 65.3 Å². The molecule has 4 heterocycles. The molecule has 2 fully saturated rings. The third kappa shape index (κ3) is 5.33. The van der Waals surface area contributed by atoms with Gasteiger partial charge in [0.1, 0.15) is 10.8 Å². The average molecular weight is 475 g/mol. The van der Waals surface area contributed by atoms with Gasteiger partial charge < -0.3 is 14.7 Å². The lowest BCUT2D eigenvalue weighted by molar-refractivity contribution is -0.136. The summed E-state index contributed by atoms with van der Waals surface area (Å²) in [5.41, 5.74) is 1.25. The van der Waals surface area contributed by atoms with Crippen molar-refractivity contribution in [3.8, 4) is 0 Å². The SMILES string of the molecule is Cc1ccc(Sc2ccc(N3CCC(C(=O)N4CCN(c5ccccn5)CC4)CC3)nn2)cc1. The van der Waals surface area contributed by atoms with Gasteiger partial charge >= 0.3 is 0 Å². The molecule has 8 heteroatoms. The van der Waals surface area contributed by atoms with Gasteiger partial charge in [-0.05, 0) is 56.2 Å². The van der Waals surface area contributed by atoms with Crippen LogP contribution in [0, 0.1) is 12.8 Å². The highest BCUT2D eigenvalue weighted by Gasteiger charge is 2.31. The standard InChI is InChI=1S/C26H30N6OS/c1-20-5-7-22(8-6-20)34-25-10-9-24(28-29-25)30-14-11-21(12-15-30)26(33)32-18-16-31(17-19-32)23-4-2-3-13-27-23/h2-10,13,21H,11-12,14-19H2,1H3. The van der Waals surface area contributed by atoms with Crippen LogP contribution in [0.1, 0.15) is 18.4 Å². The number of amides is 1. The lowest BCUT2D eigenvalue weighted by Crippen LogP contribution is -2.52. The normalized spacial score (nSPS) is 17.1. The van der Waals surface area contributed by atoms with E-state index in [2.05, 4.69) is 56.2 Å². The highest BCUT2D eigenvalue weighted by Crippen LogP contribution is 2.28. The molecule has 0 unspecified atom stereocenters. The number of nitrogens with zero attached hydrogens (tertiary/aromatic N) is 6. The van der Waals surface area contributed by atoms with Crippen molar-refractivity contribution in [1.82, 2.24) is 20.1 Å². The number of aromatic nitrogens is 3. The van der Waals surface area contributed by atoms with Gasteiger partial charge in [-0.25, -0.2) is 4.98 Å². The van der Waals surface area contributed by atoms with Crippen LogP contribution < -0.4 is 9.80 Å². The van der Waals surface area contributed by atoms with Crippen molar-refractivity contribution in [3.63, 3.8) is 0 Å². The molecule has 0 N–H and O–H groups in total. The highest BCUT2D eigenvalue weighted by atomic mass is 32.2. The highest BCUT2D eigenvalue weighted by molar-refractivity contribution is 7.99. The van der Waals surface area contributed by atoms with E-state index >= 15 is 0 Å². The second-order valence-electron chi connectivity index (χ2n) is 8.91. The van der Waals surface area contributed by atoms with Gasteiger partial charge in [0.15, 0.2) is 5.82 Å². The zero-order valence-electron chi connectivity index (χ0n) is 19.5. The van der Waals surface area contributed by atoms with Gasteiger partial charge in [0, 0.05) is 56.3 Å². The molecule has 3 aromatic rings. The molecule has 34 heavy (non-hydrogen) atoms. The van der Waals surface area contributed by atoms with Gasteiger partial charge in [0.05, 0.1) is 0 Å². The Hall–Kier alpha value is -3.13. The maximum atomic E-state index is 13.1. The summed E-state index contributed by atoms with van der Waals surface area (Å²) < 4.78 is 0. The fraction of sp³-hybridized carbons (Fsp3) is 0.385. The van der Waals surface area contributed by atoms with Crippen LogP contribution in [0.5, 0.6) is 0 Å². The Kier molecular flexibility index (Phi) is 6.94. The molecular weight excluding hydrogens is 444 g/mol. The molecule has 2 aromatic heterocycles. The first-order valence-electron chi connectivity index (χ1n) is 11.9. The number of piperazine rings is 1. The van der Waals surface area contributed by atoms with Crippen LogP contribution in [0.25, 0.3) is 0 Å². The molecule has 0 aliphatic carbocycles. The van der Waals surface area contributed by atoms with Gasteiger partial charge in [-0.2, -0.15) is 0 Å². The Balaban J connectivity index is 1.10. The number of benzene rings is 1. The number of pyridine rings is 1. The van der Waals surface area contributed by atoms with Gasteiger partial charge in [-0.15, -0.1) is 10.2 Å². The van der Waals surface area contributed by atoms with Gasteiger partial charge in [0.2, 0.25) is 5.91 Å². The first kappa shape index (κ1) is 22.7. The second kappa shape index (κ2) is 10.4. The van der Waals surface area contributed by atoms with Crippen molar-refractivity contribution >= 4 is 29.3 Å². The molecule has 0 radical (unpaired) electrons. The first-order chi connectivity index (χ1) is 16.7. The predicted molar refractivity (Wildman–Crippen MR) is 135 cm³/mol. The summed E-state index contributed by atoms with van der Waals surface area (Å²) in [5, 5.41) is 9.77. The molecule has 2 aliphatic rings. The van der Waals surface area contributed by atoms with E-state index in [0.29, 0.717) is 5.91 Å². The van der Waals surface area contributed by atoms with E-state index in [0.717, 1.165) is 73.7 Å². The number of rotatable bonds is 5. The molecule has 7 nitrogen and oxygen atoms in total. The van der Waals surface area contributed by atoms with E-state index in [4.69, 9.17) is 0 Å². The fourth-order valence-electron chi connectivity index (χ4n) is 4.57. The number of anilines is 2. The first-order valence-corrected chi connectivity index (χ1v) is 12.8. The fourth-order valence-corrected chi connectivity index (χ4v) is 5.31. The topological polar surface area (TPSA) is 65.5 Å². The molecule has 2 saturated heterocycles. The van der Waals surface area contributed by atoms with Crippen LogP contribution in [0.2, 0.25) is 0 Å². The summed E-state index contributed by atoms with van der Waals surface area (Å²) in [6, 6.07) is 18.5. The van der Waals surface area contributed by atoms with E-state index < -0.39 is 0 Å². The second-order valence-corrected chi connectivity index (χ2v) is 10.0. The zero-order chi connectivity index (χ0) is 23.3. The summed E-state index contributed by atoms with van der Waals surface area (Å²) in [6.07, 6.45) is 3.54. The molecule has 0 bridgehead atoms. The molecule has 1 amide bonds. The monoisotopic (exact) mass is 474 g/mol. The van der Waals surface area contributed by atoms with Crippen molar-refractivity contribution in [1.29, 1.82) is 0 Å². The Labute approximate surface area is 205 Å². The van der Waals surface area contributed by atoms with Crippen LogP contribution in [0.15, 0.2) is 70.7 Å². The number of hydrogen-bond donors (Lipinski definition) is 0. The van der Waals surface area contributed by atoms with Gasteiger partial charge in [0.25, 0.3) is 0 Å². The summed E-state index contributed by atoms with van der Waals surface area (Å²) in [6.45, 7) is 6.97. The Morgan fingerprint density at radius 2 is 1.56 bits per heavy atom. The maximum absolute atomic E-state index is 13.1. The molecule has 176 valence electrons. The Morgan fingerprint density at radius 3 is 2.21 bits per heavy atom. The summed E-state index contributed by atoms with van der Waals surface area (Å²) in [7, 11) is 0. The zero-order valence-corrected chi connectivity index (χ0v) is 20.3. The van der Waals surface area contributed by atoms with E-state index in [1.807, 2.05) is 41.4 Å². The van der Waals surface area contributed by atoms with Crippen LogP contribution in [0.4, 0.5) is 11.6 Å². The molecular formula is C26H30N6OS. The Bertz CT molecular complexity index is 1080. The minimum Gasteiger partial charge on any atom is -0.355 e. The molecule has 0 saturated carbocycles. The molecule has 0 atom stereocenters. The number of aryl methyl sites for hydroxylation is 1. The van der Waals surface area contributed by atoms with Gasteiger partial charge in [-0.3, -0.25) is 4.79 Å². The molecule has 2 aliphatic heterocycles. The quantitative estimate of drug-likeness (QED) is 0.556. The van der Waals surface area contributed by atoms with E-state index in [1.54, 1.807) is 11.8 Å². The largest absolute Gasteiger partial charge is 0.355 e. The number of piperidine rings is 1. The van der Waals surface area contributed by atoms with Crippen LogP contribution in [0.3, 0.4) is 0 Å². The van der Waals surface area contributed by atoms with Crippen molar-refractivity contribution < 1.29 is 4.79 Å². The van der Waals surface area contributed by atoms with E-state index in [9.17, 15) is 4.79 Å². The minimum absolute atomic E-state index is 0.0991. The molecule has 1 aromatic carbocycles. The average Bonchev–Trinajstić information content (AvgIpc) is 2.91. The van der Waals surface area contributed by atoms with E-state index in [1.165, 1.54) is 5.56 Å². The van der Waals surface area contributed by atoms with E-state index in [-0.39, 0.29) is 5.92 Å². The van der Waals surface area contributed by atoms with Crippen molar-refractivity contribution in [2.24, 2.45) is 5.92 Å². The summed E-state index contributed by atoms with van der Waals surface area (Å²) in [4.78, 5) is 25.3. The van der Waals surface area contributed by atoms with Crippen LogP contribution in [-0.2, 0) is 4.79 Å². The smallest absolute Gasteiger partial charge is 0.225 e. The maximum Gasteiger partial charge on any atom is 0.225 e. The molecule has 5 rings (SSSR count). The number of carbonyl (C=O) groups is 1. The number of carbonyl (C=O) groups excluding carboxylic acids is 1. The summed E-state index contributed by atoms with van der Waals surface area (Å²) >= 11 is 1.62. The van der Waals surface area contributed by atoms with Crippen molar-refractivity contribution in [3.05, 3.63) is 66.4 Å². The third-order valence-electron chi connectivity index (χ3n) is 6.60. The van der Waals surface area contributed by atoms with Crippen molar-refractivity contribution in [2.75, 3.05) is 49.1 Å². The third-order valence-corrected chi connectivity index (χ3v) is 7.54. The lowest BCUT2D eigenvalue weighted by Gasteiger charge is -2.39. The summed E-state index contributed by atoms with van der Waals surface area (Å²) in [5.74, 6) is 2.29. The van der Waals surface area contributed by atoms with Crippen LogP contribution >= 0.6 is 11.8 Å². The van der Waals surface area contributed by atoms with Crippen molar-refractivity contribution in [2.45, 2.75) is 29.7 Å². The lowest BCUT2D eigenvalue weighted by atomic mass is 9.95. The number of hydrogen-bond acceptors (Lipinski definition) is 7.